The number of hydrogen-bond donors (Lipinski definition) is 3. The normalized spacial score (nSPS) is 11.8. The Balaban J connectivity index is 2.66. The SMILES string of the molecule is CC(C)NC(=O)C(C)NC(=O)c1ccc(C(=O)O)nc1. The number of hydrogen-bond acceptors (Lipinski definition) is 4. The van der Waals surface area contributed by atoms with Crippen LogP contribution in [0.5, 0.6) is 0 Å². The molecule has 1 atom stereocenters. The van der Waals surface area contributed by atoms with Crippen LogP contribution in [0.25, 0.3) is 0 Å². The summed E-state index contributed by atoms with van der Waals surface area (Å²) in [5.74, 6) is -1.94. The first-order chi connectivity index (χ1) is 9.31. The number of pyridine rings is 1. The fourth-order valence-corrected chi connectivity index (χ4v) is 1.41. The molecule has 1 heterocycles. The van der Waals surface area contributed by atoms with Gasteiger partial charge >= 0.3 is 5.97 Å². The van der Waals surface area contributed by atoms with Crippen molar-refractivity contribution in [2.75, 3.05) is 0 Å². The second-order valence-electron chi connectivity index (χ2n) is 4.60. The fraction of sp³-hybridized carbons (Fsp3) is 0.385. The summed E-state index contributed by atoms with van der Waals surface area (Å²) in [6.45, 7) is 5.20. The highest BCUT2D eigenvalue weighted by Gasteiger charge is 2.17. The molecule has 0 fully saturated rings. The zero-order valence-corrected chi connectivity index (χ0v) is 11.5. The lowest BCUT2D eigenvalue weighted by molar-refractivity contribution is -0.123. The molecule has 0 saturated carbocycles. The quantitative estimate of drug-likeness (QED) is 0.724. The Kier molecular flexibility index (Phi) is 5.19. The molecular weight excluding hydrogens is 262 g/mol. The minimum absolute atomic E-state index is 0.0154. The maximum atomic E-state index is 11.8. The van der Waals surface area contributed by atoms with Crippen molar-refractivity contribution in [2.45, 2.75) is 32.9 Å². The third kappa shape index (κ3) is 4.34. The maximum absolute atomic E-state index is 11.8. The molecule has 7 nitrogen and oxygen atoms in total. The fourth-order valence-electron chi connectivity index (χ4n) is 1.41. The Morgan fingerprint density at radius 1 is 1.15 bits per heavy atom. The van der Waals surface area contributed by atoms with E-state index < -0.39 is 17.9 Å². The highest BCUT2D eigenvalue weighted by molar-refractivity contribution is 5.97. The number of rotatable bonds is 5. The molecule has 20 heavy (non-hydrogen) atoms. The molecule has 0 saturated heterocycles. The molecule has 0 aromatic carbocycles. The molecule has 3 N–H and O–H groups in total. The smallest absolute Gasteiger partial charge is 0.354 e. The average Bonchev–Trinajstić information content (AvgIpc) is 2.37. The van der Waals surface area contributed by atoms with Crippen LogP contribution in [-0.2, 0) is 4.79 Å². The van der Waals surface area contributed by atoms with Crippen LogP contribution in [0.15, 0.2) is 18.3 Å². The second kappa shape index (κ2) is 6.65. The lowest BCUT2D eigenvalue weighted by atomic mass is 10.2. The van der Waals surface area contributed by atoms with Gasteiger partial charge < -0.3 is 15.7 Å². The van der Waals surface area contributed by atoms with E-state index in [-0.39, 0.29) is 23.2 Å². The van der Waals surface area contributed by atoms with Crippen LogP contribution >= 0.6 is 0 Å². The van der Waals surface area contributed by atoms with Gasteiger partial charge in [-0.05, 0) is 32.9 Å². The van der Waals surface area contributed by atoms with E-state index in [1.165, 1.54) is 12.1 Å². The monoisotopic (exact) mass is 279 g/mol. The summed E-state index contributed by atoms with van der Waals surface area (Å²) < 4.78 is 0. The molecule has 1 rings (SSSR count). The molecule has 108 valence electrons. The number of aromatic carboxylic acids is 1. The van der Waals surface area contributed by atoms with Crippen molar-refractivity contribution in [3.63, 3.8) is 0 Å². The number of carbonyl (C=O) groups is 3. The standard InChI is InChI=1S/C13H17N3O4/c1-7(2)15-11(17)8(3)16-12(18)9-4-5-10(13(19)20)14-6-9/h4-8H,1-3H3,(H,15,17)(H,16,18)(H,19,20). The number of nitrogens with zero attached hydrogens (tertiary/aromatic N) is 1. The summed E-state index contributed by atoms with van der Waals surface area (Å²) in [7, 11) is 0. The zero-order valence-electron chi connectivity index (χ0n) is 11.5. The molecule has 1 aromatic heterocycles. The molecule has 0 aliphatic carbocycles. The van der Waals surface area contributed by atoms with E-state index in [1.807, 2.05) is 13.8 Å². The van der Waals surface area contributed by atoms with Crippen LogP contribution in [-0.4, -0.2) is 40.0 Å². The van der Waals surface area contributed by atoms with Crippen molar-refractivity contribution in [2.24, 2.45) is 0 Å². The van der Waals surface area contributed by atoms with Crippen LogP contribution in [0.1, 0.15) is 41.6 Å². The lowest BCUT2D eigenvalue weighted by Crippen LogP contribution is -2.46. The summed E-state index contributed by atoms with van der Waals surface area (Å²) in [5.41, 5.74) is 0.0475. The molecule has 1 unspecified atom stereocenters. The lowest BCUT2D eigenvalue weighted by Gasteiger charge is -2.15. The molecular formula is C13H17N3O4. The first-order valence-electron chi connectivity index (χ1n) is 6.12. The van der Waals surface area contributed by atoms with Crippen molar-refractivity contribution in [3.8, 4) is 0 Å². The number of carboxylic acids is 1. The van der Waals surface area contributed by atoms with Crippen LogP contribution in [0.2, 0.25) is 0 Å². The molecule has 7 heteroatoms. The van der Waals surface area contributed by atoms with Gasteiger partial charge in [-0.3, -0.25) is 9.59 Å². The van der Waals surface area contributed by atoms with Gasteiger partial charge in [0.2, 0.25) is 5.91 Å². The van der Waals surface area contributed by atoms with Crippen molar-refractivity contribution < 1.29 is 19.5 Å². The summed E-state index contributed by atoms with van der Waals surface area (Å²) in [6.07, 6.45) is 1.16. The van der Waals surface area contributed by atoms with E-state index in [4.69, 9.17) is 5.11 Å². The van der Waals surface area contributed by atoms with Gasteiger partial charge in [-0.25, -0.2) is 9.78 Å². The van der Waals surface area contributed by atoms with Crippen molar-refractivity contribution in [3.05, 3.63) is 29.6 Å². The van der Waals surface area contributed by atoms with Crippen molar-refractivity contribution in [1.29, 1.82) is 0 Å². The Bertz CT molecular complexity index is 511. The molecule has 0 bridgehead atoms. The first kappa shape index (κ1) is 15.6. The summed E-state index contributed by atoms with van der Waals surface area (Å²) >= 11 is 0. The van der Waals surface area contributed by atoms with Crippen LogP contribution in [0.4, 0.5) is 0 Å². The van der Waals surface area contributed by atoms with Gasteiger partial charge in [0.05, 0.1) is 5.56 Å². The summed E-state index contributed by atoms with van der Waals surface area (Å²) in [4.78, 5) is 37.8. The van der Waals surface area contributed by atoms with Crippen LogP contribution in [0.3, 0.4) is 0 Å². The minimum atomic E-state index is -1.17. The van der Waals surface area contributed by atoms with E-state index in [0.717, 1.165) is 6.20 Å². The minimum Gasteiger partial charge on any atom is -0.477 e. The van der Waals surface area contributed by atoms with E-state index in [2.05, 4.69) is 15.6 Å². The van der Waals surface area contributed by atoms with E-state index in [9.17, 15) is 14.4 Å². The van der Waals surface area contributed by atoms with Gasteiger partial charge in [-0.15, -0.1) is 0 Å². The van der Waals surface area contributed by atoms with Crippen molar-refractivity contribution >= 4 is 17.8 Å². The Hall–Kier alpha value is -2.44. The van der Waals surface area contributed by atoms with E-state index in [1.54, 1.807) is 6.92 Å². The average molecular weight is 279 g/mol. The molecule has 0 aliphatic rings. The molecule has 0 radical (unpaired) electrons. The van der Waals surface area contributed by atoms with E-state index in [0.29, 0.717) is 0 Å². The molecule has 0 aliphatic heterocycles. The predicted octanol–water partition coefficient (Wildman–Crippen LogP) is 0.423. The third-order valence-electron chi connectivity index (χ3n) is 2.42. The Labute approximate surface area is 116 Å². The number of amides is 2. The van der Waals surface area contributed by atoms with E-state index >= 15 is 0 Å². The van der Waals surface area contributed by atoms with Crippen molar-refractivity contribution in [1.82, 2.24) is 15.6 Å². The predicted molar refractivity (Wildman–Crippen MR) is 71.4 cm³/mol. The van der Waals surface area contributed by atoms with Crippen LogP contribution in [0, 0.1) is 0 Å². The second-order valence-corrected chi connectivity index (χ2v) is 4.60. The Morgan fingerprint density at radius 3 is 2.25 bits per heavy atom. The van der Waals surface area contributed by atoms with Gasteiger partial charge in [0.25, 0.3) is 5.91 Å². The maximum Gasteiger partial charge on any atom is 0.354 e. The number of carbonyl (C=O) groups excluding carboxylic acids is 2. The largest absolute Gasteiger partial charge is 0.477 e. The summed E-state index contributed by atoms with van der Waals surface area (Å²) in [5, 5.41) is 13.9. The van der Waals surface area contributed by atoms with Gasteiger partial charge in [-0.2, -0.15) is 0 Å². The first-order valence-corrected chi connectivity index (χ1v) is 6.12. The highest BCUT2D eigenvalue weighted by Crippen LogP contribution is 2.01. The topological polar surface area (TPSA) is 108 Å². The third-order valence-corrected chi connectivity index (χ3v) is 2.42. The zero-order chi connectivity index (χ0) is 15.3. The van der Waals surface area contributed by atoms with Crippen LogP contribution < -0.4 is 10.6 Å². The van der Waals surface area contributed by atoms with Gasteiger partial charge in [0, 0.05) is 12.2 Å². The number of carboxylic acid groups (broad SMARTS) is 1. The highest BCUT2D eigenvalue weighted by atomic mass is 16.4. The van der Waals surface area contributed by atoms with Gasteiger partial charge in [0.15, 0.2) is 0 Å². The number of nitrogens with one attached hydrogen (secondary N) is 2. The van der Waals surface area contributed by atoms with Gasteiger partial charge in [-0.1, -0.05) is 0 Å². The summed E-state index contributed by atoms with van der Waals surface area (Å²) in [6, 6.07) is 1.87. The number of aromatic nitrogens is 1. The Morgan fingerprint density at radius 2 is 1.80 bits per heavy atom. The van der Waals surface area contributed by atoms with Gasteiger partial charge in [0.1, 0.15) is 11.7 Å². The molecule has 0 spiro atoms. The molecule has 1 aromatic rings. The molecule has 2 amide bonds.